The summed E-state index contributed by atoms with van der Waals surface area (Å²) >= 11 is 0. The molecule has 2 aromatic carbocycles. The molecule has 0 aromatic heterocycles. The number of hydrogen-bond acceptors (Lipinski definition) is 3. The first-order valence-electron chi connectivity index (χ1n) is 6.47. The van der Waals surface area contributed by atoms with Gasteiger partial charge in [0, 0.05) is 5.56 Å². The number of aryl methyl sites for hydroxylation is 1. The molecule has 20 heavy (non-hydrogen) atoms. The van der Waals surface area contributed by atoms with Gasteiger partial charge in [-0.25, -0.2) is 0 Å². The molecule has 2 aromatic rings. The molecule has 4 N–H and O–H groups in total. The highest BCUT2D eigenvalue weighted by Gasteiger charge is 2.06. The van der Waals surface area contributed by atoms with Gasteiger partial charge in [0.2, 0.25) is 5.91 Å². The van der Waals surface area contributed by atoms with Crippen molar-refractivity contribution in [3.05, 3.63) is 59.2 Å². The molecule has 0 bridgehead atoms. The minimum Gasteiger partial charge on any atom is -0.457 e. The third-order valence-corrected chi connectivity index (χ3v) is 3.06. The van der Waals surface area contributed by atoms with E-state index < -0.39 is 5.91 Å². The Balaban J connectivity index is 2.13. The summed E-state index contributed by atoms with van der Waals surface area (Å²) in [4.78, 5) is 11.2. The maximum Gasteiger partial charge on any atom is 0.248 e. The van der Waals surface area contributed by atoms with E-state index in [2.05, 4.69) is 0 Å². The van der Waals surface area contributed by atoms with Crippen molar-refractivity contribution in [2.45, 2.75) is 13.3 Å². The summed E-state index contributed by atoms with van der Waals surface area (Å²) in [5.41, 5.74) is 13.3. The average molecular weight is 270 g/mol. The molecule has 0 fully saturated rings. The Morgan fingerprint density at radius 2 is 1.75 bits per heavy atom. The van der Waals surface area contributed by atoms with Gasteiger partial charge in [-0.15, -0.1) is 0 Å². The number of ether oxygens (including phenoxy) is 1. The van der Waals surface area contributed by atoms with E-state index in [-0.39, 0.29) is 0 Å². The Kier molecular flexibility index (Phi) is 4.38. The normalized spacial score (nSPS) is 10.3. The summed E-state index contributed by atoms with van der Waals surface area (Å²) in [6, 6.07) is 13.0. The first-order valence-corrected chi connectivity index (χ1v) is 6.47. The van der Waals surface area contributed by atoms with E-state index in [4.69, 9.17) is 16.2 Å². The summed E-state index contributed by atoms with van der Waals surface area (Å²) in [5, 5.41) is 0. The number of carbonyl (C=O) groups is 1. The molecule has 2 rings (SSSR count). The van der Waals surface area contributed by atoms with Crippen LogP contribution in [0.2, 0.25) is 0 Å². The number of carbonyl (C=O) groups excluding carboxylic acids is 1. The Bertz CT molecular complexity index is 606. The summed E-state index contributed by atoms with van der Waals surface area (Å²) in [7, 11) is 0. The highest BCUT2D eigenvalue weighted by atomic mass is 16.5. The fraction of sp³-hybridized carbons (Fsp3) is 0.188. The molecule has 104 valence electrons. The minimum absolute atomic E-state index is 0.430. The molecule has 0 aliphatic rings. The maximum absolute atomic E-state index is 11.2. The van der Waals surface area contributed by atoms with E-state index in [1.54, 1.807) is 18.2 Å². The van der Waals surface area contributed by atoms with Crippen LogP contribution in [0, 0.1) is 6.92 Å². The van der Waals surface area contributed by atoms with Crippen LogP contribution in [0.15, 0.2) is 42.5 Å². The molecule has 0 aliphatic heterocycles. The van der Waals surface area contributed by atoms with Crippen LogP contribution in [0.1, 0.15) is 21.5 Å². The predicted octanol–water partition coefficient (Wildman–Crippen LogP) is 2.39. The van der Waals surface area contributed by atoms with E-state index in [0.717, 1.165) is 17.7 Å². The highest BCUT2D eigenvalue weighted by molar-refractivity contribution is 5.94. The first-order chi connectivity index (χ1) is 9.60. The van der Waals surface area contributed by atoms with Crippen LogP contribution in [0.3, 0.4) is 0 Å². The number of benzene rings is 2. The molecule has 0 heterocycles. The van der Waals surface area contributed by atoms with Gasteiger partial charge in [0.15, 0.2) is 0 Å². The lowest BCUT2D eigenvalue weighted by molar-refractivity contribution is 0.0999. The second-order valence-corrected chi connectivity index (χ2v) is 4.63. The molecule has 0 saturated heterocycles. The van der Waals surface area contributed by atoms with Crippen LogP contribution < -0.4 is 16.2 Å². The fourth-order valence-corrected chi connectivity index (χ4v) is 2.00. The molecule has 0 aliphatic carbocycles. The van der Waals surface area contributed by atoms with Crippen molar-refractivity contribution in [2.75, 3.05) is 6.54 Å². The standard InChI is InChI=1S/C16H18N2O2/c1-11-10-14(6-7-15(11)16(18)19)20-13-4-2-12(3-5-13)8-9-17/h2-7,10H,8-9,17H2,1H3,(H2,18,19). The highest BCUT2D eigenvalue weighted by Crippen LogP contribution is 2.24. The van der Waals surface area contributed by atoms with Crippen molar-refractivity contribution in [1.82, 2.24) is 0 Å². The number of nitrogens with two attached hydrogens (primary N) is 2. The Morgan fingerprint density at radius 3 is 2.30 bits per heavy atom. The summed E-state index contributed by atoms with van der Waals surface area (Å²) in [6.07, 6.45) is 0.854. The van der Waals surface area contributed by atoms with Crippen LogP contribution in [0.4, 0.5) is 0 Å². The van der Waals surface area contributed by atoms with Gasteiger partial charge >= 0.3 is 0 Å². The smallest absolute Gasteiger partial charge is 0.248 e. The van der Waals surface area contributed by atoms with Gasteiger partial charge in [0.25, 0.3) is 0 Å². The monoisotopic (exact) mass is 270 g/mol. The fourth-order valence-electron chi connectivity index (χ4n) is 2.00. The average Bonchev–Trinajstić information content (AvgIpc) is 2.41. The number of primary amides is 1. The third-order valence-electron chi connectivity index (χ3n) is 3.06. The van der Waals surface area contributed by atoms with Crippen LogP contribution in [-0.4, -0.2) is 12.5 Å². The second kappa shape index (κ2) is 6.21. The zero-order chi connectivity index (χ0) is 14.5. The van der Waals surface area contributed by atoms with Gasteiger partial charge in [-0.3, -0.25) is 4.79 Å². The van der Waals surface area contributed by atoms with Crippen LogP contribution >= 0.6 is 0 Å². The largest absolute Gasteiger partial charge is 0.457 e. The Hall–Kier alpha value is -2.33. The van der Waals surface area contributed by atoms with Gasteiger partial charge in [0.1, 0.15) is 11.5 Å². The molecule has 4 nitrogen and oxygen atoms in total. The van der Waals surface area contributed by atoms with Crippen molar-refractivity contribution in [2.24, 2.45) is 11.5 Å². The van der Waals surface area contributed by atoms with Crippen LogP contribution in [0.25, 0.3) is 0 Å². The predicted molar refractivity (Wildman–Crippen MR) is 79.0 cm³/mol. The molecular weight excluding hydrogens is 252 g/mol. The summed E-state index contributed by atoms with van der Waals surface area (Å²) < 4.78 is 5.74. The van der Waals surface area contributed by atoms with Crippen molar-refractivity contribution >= 4 is 5.91 Å². The molecule has 0 spiro atoms. The van der Waals surface area contributed by atoms with Crippen molar-refractivity contribution < 1.29 is 9.53 Å². The van der Waals surface area contributed by atoms with E-state index >= 15 is 0 Å². The lowest BCUT2D eigenvalue weighted by Gasteiger charge is -2.09. The SMILES string of the molecule is Cc1cc(Oc2ccc(CCN)cc2)ccc1C(N)=O. The molecule has 0 radical (unpaired) electrons. The maximum atomic E-state index is 11.2. The number of rotatable bonds is 5. The van der Waals surface area contributed by atoms with Gasteiger partial charge in [-0.2, -0.15) is 0 Å². The van der Waals surface area contributed by atoms with Crippen LogP contribution in [0.5, 0.6) is 11.5 Å². The lowest BCUT2D eigenvalue weighted by Crippen LogP contribution is -2.12. The van der Waals surface area contributed by atoms with Crippen LogP contribution in [-0.2, 0) is 6.42 Å². The Labute approximate surface area is 118 Å². The number of hydrogen-bond donors (Lipinski definition) is 2. The number of amides is 1. The summed E-state index contributed by atoms with van der Waals surface area (Å²) in [5.74, 6) is 0.997. The van der Waals surface area contributed by atoms with E-state index in [1.807, 2.05) is 31.2 Å². The second-order valence-electron chi connectivity index (χ2n) is 4.63. The van der Waals surface area contributed by atoms with E-state index in [0.29, 0.717) is 17.9 Å². The van der Waals surface area contributed by atoms with Gasteiger partial charge in [0.05, 0.1) is 0 Å². The van der Waals surface area contributed by atoms with E-state index in [9.17, 15) is 4.79 Å². The zero-order valence-electron chi connectivity index (χ0n) is 11.4. The van der Waals surface area contributed by atoms with Gasteiger partial charge in [-0.1, -0.05) is 12.1 Å². The minimum atomic E-state index is -0.430. The quantitative estimate of drug-likeness (QED) is 0.875. The molecule has 4 heteroatoms. The molecule has 0 atom stereocenters. The third kappa shape index (κ3) is 3.36. The lowest BCUT2D eigenvalue weighted by atomic mass is 10.1. The van der Waals surface area contributed by atoms with Crippen molar-refractivity contribution in [3.63, 3.8) is 0 Å². The zero-order valence-corrected chi connectivity index (χ0v) is 11.4. The first kappa shape index (κ1) is 14.1. The molecule has 0 saturated carbocycles. The molecule has 0 unspecified atom stereocenters. The van der Waals surface area contributed by atoms with Crippen molar-refractivity contribution in [1.29, 1.82) is 0 Å². The van der Waals surface area contributed by atoms with Gasteiger partial charge < -0.3 is 16.2 Å². The van der Waals surface area contributed by atoms with E-state index in [1.165, 1.54) is 5.56 Å². The molecular formula is C16H18N2O2. The van der Waals surface area contributed by atoms with Gasteiger partial charge in [-0.05, 0) is 61.3 Å². The summed E-state index contributed by atoms with van der Waals surface area (Å²) in [6.45, 7) is 2.46. The topological polar surface area (TPSA) is 78.3 Å². The molecule has 1 amide bonds. The Morgan fingerprint density at radius 1 is 1.10 bits per heavy atom. The van der Waals surface area contributed by atoms with Crippen molar-refractivity contribution in [3.8, 4) is 11.5 Å².